The number of fused-ring (bicyclic) bond motifs is 8. The Morgan fingerprint density at radius 1 is 0.431 bits per heavy atom. The first-order chi connectivity index (χ1) is 28.7. The molecule has 0 aliphatic carbocycles. The van der Waals surface area contributed by atoms with Gasteiger partial charge in [-0.25, -0.2) is 0 Å². The van der Waals surface area contributed by atoms with E-state index in [1.807, 2.05) is 12.3 Å². The Labute approximate surface area is 336 Å². The lowest BCUT2D eigenvalue weighted by atomic mass is 9.93. The summed E-state index contributed by atoms with van der Waals surface area (Å²) in [5, 5.41) is 13.3. The lowest BCUT2D eigenvalue weighted by molar-refractivity contribution is 0.615. The van der Waals surface area contributed by atoms with Crippen LogP contribution in [0.5, 0.6) is 0 Å². The fourth-order valence-corrected chi connectivity index (χ4v) is 8.91. The number of nitrogens with zero attached hydrogens (tertiary/aromatic N) is 1. The maximum Gasteiger partial charge on any atom is 0.135 e. The van der Waals surface area contributed by atoms with Crippen LogP contribution in [0.1, 0.15) is 11.1 Å². The average molecular weight is 740 g/mol. The van der Waals surface area contributed by atoms with Crippen LogP contribution in [0.15, 0.2) is 224 Å². The Bertz CT molecular complexity index is 3420. The van der Waals surface area contributed by atoms with E-state index < -0.39 is 0 Å². The smallest absolute Gasteiger partial charge is 0.135 e. The molecule has 0 atom stereocenters. The fraction of sp³-hybridized carbons (Fsp3) is 0. The molecule has 1 aromatic heterocycles. The van der Waals surface area contributed by atoms with Crippen LogP contribution in [0.3, 0.4) is 0 Å². The second-order valence-electron chi connectivity index (χ2n) is 14.9. The van der Waals surface area contributed by atoms with Crippen molar-refractivity contribution in [2.45, 2.75) is 0 Å². The van der Waals surface area contributed by atoms with Gasteiger partial charge in [-0.1, -0.05) is 170 Å². The molecule has 10 aromatic carbocycles. The van der Waals surface area contributed by atoms with E-state index in [4.69, 9.17) is 4.42 Å². The Kier molecular flexibility index (Phi) is 8.01. The summed E-state index contributed by atoms with van der Waals surface area (Å²) in [5.74, 6) is 0. The number of para-hydroxylation sites is 1. The van der Waals surface area contributed by atoms with Crippen LogP contribution in [0.4, 0.5) is 17.1 Å². The van der Waals surface area contributed by atoms with Crippen molar-refractivity contribution < 1.29 is 4.42 Å². The number of benzene rings is 10. The third kappa shape index (κ3) is 5.57. The molecule has 0 N–H and O–H groups in total. The normalized spacial score (nSPS) is 12.0. The molecule has 0 radical (unpaired) electrons. The zero-order valence-electron chi connectivity index (χ0n) is 31.8. The predicted octanol–water partition coefficient (Wildman–Crippen LogP) is 16.0. The molecule has 1 heterocycles. The average Bonchev–Trinajstić information content (AvgIpc) is 3.69. The number of allylic oxidation sites excluding steroid dienone is 2. The van der Waals surface area contributed by atoms with Gasteiger partial charge in [-0.05, 0) is 113 Å². The van der Waals surface area contributed by atoms with E-state index in [9.17, 15) is 0 Å². The summed E-state index contributed by atoms with van der Waals surface area (Å²) in [6.45, 7) is 4.17. The standard InChI is InChI=1S/C56H37NO/c1-2-12-49(54-36-58-56-35-41-16-4-3-15-40(41)34-53(54)56)52-19-9-10-22-55(52)57(44-30-32-48-42(33-44)24-23-37-13-5-7-17-45(37)48)43-28-25-39(26-29-43)47-20-11-21-50-46-18-8-6-14-38(46)27-31-51(47)50/h2-36H,1H2/b49-12-. The topological polar surface area (TPSA) is 16.4 Å². The Morgan fingerprint density at radius 3 is 1.83 bits per heavy atom. The van der Waals surface area contributed by atoms with Crippen LogP contribution in [0.25, 0.3) is 81.5 Å². The number of hydrogen-bond acceptors (Lipinski definition) is 2. The van der Waals surface area contributed by atoms with Crippen LogP contribution < -0.4 is 4.90 Å². The summed E-state index contributed by atoms with van der Waals surface area (Å²) >= 11 is 0. The van der Waals surface area contributed by atoms with Crippen molar-refractivity contribution in [1.29, 1.82) is 0 Å². The molecule has 0 saturated heterocycles. The van der Waals surface area contributed by atoms with Crippen molar-refractivity contribution in [3.63, 3.8) is 0 Å². The lowest BCUT2D eigenvalue weighted by Crippen LogP contribution is -2.12. The van der Waals surface area contributed by atoms with Gasteiger partial charge in [0, 0.05) is 27.9 Å². The van der Waals surface area contributed by atoms with Crippen LogP contribution >= 0.6 is 0 Å². The largest absolute Gasteiger partial charge is 0.464 e. The zero-order chi connectivity index (χ0) is 38.6. The van der Waals surface area contributed by atoms with E-state index in [2.05, 4.69) is 212 Å². The minimum atomic E-state index is 0.858. The third-order valence-corrected chi connectivity index (χ3v) is 11.7. The molecule has 11 rings (SSSR count). The maximum atomic E-state index is 6.28. The molecule has 0 saturated carbocycles. The van der Waals surface area contributed by atoms with Gasteiger partial charge in [-0.15, -0.1) is 0 Å². The molecular formula is C56H37NO. The molecule has 0 spiro atoms. The van der Waals surface area contributed by atoms with Gasteiger partial charge >= 0.3 is 0 Å². The highest BCUT2D eigenvalue weighted by Crippen LogP contribution is 2.44. The Morgan fingerprint density at radius 2 is 1.03 bits per heavy atom. The Balaban J connectivity index is 1.10. The molecule has 11 aromatic rings. The van der Waals surface area contributed by atoms with E-state index >= 15 is 0 Å². The van der Waals surface area contributed by atoms with Crippen molar-refractivity contribution in [2.75, 3.05) is 4.90 Å². The number of furan rings is 1. The van der Waals surface area contributed by atoms with E-state index in [0.29, 0.717) is 0 Å². The van der Waals surface area contributed by atoms with Gasteiger partial charge in [0.1, 0.15) is 5.58 Å². The highest BCUT2D eigenvalue weighted by molar-refractivity contribution is 6.13. The molecule has 0 bridgehead atoms. The van der Waals surface area contributed by atoms with Gasteiger partial charge in [-0.2, -0.15) is 0 Å². The van der Waals surface area contributed by atoms with Crippen LogP contribution in [-0.4, -0.2) is 0 Å². The molecule has 0 unspecified atom stereocenters. The van der Waals surface area contributed by atoms with Crippen molar-refractivity contribution in [1.82, 2.24) is 0 Å². The molecule has 58 heavy (non-hydrogen) atoms. The number of anilines is 3. The van der Waals surface area contributed by atoms with Gasteiger partial charge < -0.3 is 9.32 Å². The Hall–Kier alpha value is -7.68. The highest BCUT2D eigenvalue weighted by atomic mass is 16.3. The second-order valence-corrected chi connectivity index (χ2v) is 14.9. The van der Waals surface area contributed by atoms with Crippen LogP contribution in [0, 0.1) is 0 Å². The van der Waals surface area contributed by atoms with Crippen LogP contribution in [-0.2, 0) is 0 Å². The first kappa shape index (κ1) is 33.6. The van der Waals surface area contributed by atoms with E-state index in [1.165, 1.54) is 59.6 Å². The molecule has 0 aliphatic heterocycles. The maximum absolute atomic E-state index is 6.28. The molecular weight excluding hydrogens is 703 g/mol. The van der Waals surface area contributed by atoms with Gasteiger partial charge in [-0.3, -0.25) is 0 Å². The van der Waals surface area contributed by atoms with Crippen molar-refractivity contribution in [2.24, 2.45) is 0 Å². The first-order valence-electron chi connectivity index (χ1n) is 19.8. The van der Waals surface area contributed by atoms with Crippen LogP contribution in [0.2, 0.25) is 0 Å². The van der Waals surface area contributed by atoms with E-state index in [-0.39, 0.29) is 0 Å². The minimum absolute atomic E-state index is 0.858. The lowest BCUT2D eigenvalue weighted by Gasteiger charge is -2.29. The molecule has 2 nitrogen and oxygen atoms in total. The zero-order valence-corrected chi connectivity index (χ0v) is 31.8. The summed E-state index contributed by atoms with van der Waals surface area (Å²) in [7, 11) is 0. The third-order valence-electron chi connectivity index (χ3n) is 11.7. The molecule has 0 aliphatic rings. The van der Waals surface area contributed by atoms with E-state index in [1.54, 1.807) is 0 Å². The van der Waals surface area contributed by atoms with Gasteiger partial charge in [0.05, 0.1) is 12.0 Å². The molecule has 2 heteroatoms. The molecule has 0 amide bonds. The van der Waals surface area contributed by atoms with Gasteiger partial charge in [0.2, 0.25) is 0 Å². The number of rotatable bonds is 7. The second kappa shape index (κ2) is 13.8. The summed E-state index contributed by atoms with van der Waals surface area (Å²) < 4.78 is 6.28. The van der Waals surface area contributed by atoms with Crippen molar-refractivity contribution in [3.05, 3.63) is 230 Å². The van der Waals surface area contributed by atoms with Gasteiger partial charge in [0.25, 0.3) is 0 Å². The highest BCUT2D eigenvalue weighted by Gasteiger charge is 2.22. The van der Waals surface area contributed by atoms with E-state index in [0.717, 1.165) is 50.1 Å². The summed E-state index contributed by atoms with van der Waals surface area (Å²) in [6, 6.07) is 70.2. The minimum Gasteiger partial charge on any atom is -0.464 e. The predicted molar refractivity (Wildman–Crippen MR) is 248 cm³/mol. The van der Waals surface area contributed by atoms with Crippen molar-refractivity contribution in [3.8, 4) is 11.1 Å². The molecule has 272 valence electrons. The first-order valence-corrected chi connectivity index (χ1v) is 19.8. The fourth-order valence-electron chi connectivity index (χ4n) is 8.91. The quantitative estimate of drug-likeness (QED) is 0.120. The number of hydrogen-bond donors (Lipinski definition) is 0. The summed E-state index contributed by atoms with van der Waals surface area (Å²) in [5.41, 5.74) is 9.56. The SMILES string of the molecule is C=C/C=C(/c1ccccc1N(c1ccc(-c2cccc3c2ccc2ccccc23)cc1)c1ccc2c(ccc3ccccc32)c1)c1coc2cc3ccccc3cc12. The summed E-state index contributed by atoms with van der Waals surface area (Å²) in [6.07, 6.45) is 5.87. The summed E-state index contributed by atoms with van der Waals surface area (Å²) in [4.78, 5) is 2.39. The monoisotopic (exact) mass is 739 g/mol. The molecule has 0 fully saturated rings. The van der Waals surface area contributed by atoms with Crippen molar-refractivity contribution >= 4 is 87.5 Å². The van der Waals surface area contributed by atoms with Gasteiger partial charge in [0.15, 0.2) is 0 Å².